The van der Waals surface area contributed by atoms with Crippen LogP contribution in [0.2, 0.25) is 0 Å². The van der Waals surface area contributed by atoms with Gasteiger partial charge >= 0.3 is 0 Å². The summed E-state index contributed by atoms with van der Waals surface area (Å²) >= 11 is 5.98. The standard InChI is InChI=1S/C8H12ClOP/c1-2-6-3-7(9)5-8(4-6)10-11/h1,6-8H,3-5,11H2. The SMILES string of the molecule is C#CC1CC(Cl)CC(OP)C1. The highest BCUT2D eigenvalue weighted by molar-refractivity contribution is 7.09. The van der Waals surface area contributed by atoms with Crippen LogP contribution in [0.5, 0.6) is 0 Å². The zero-order chi connectivity index (χ0) is 8.27. The van der Waals surface area contributed by atoms with Gasteiger partial charge in [-0.25, -0.2) is 0 Å². The molecule has 0 radical (unpaired) electrons. The van der Waals surface area contributed by atoms with Crippen LogP contribution < -0.4 is 0 Å². The molecule has 0 spiro atoms. The van der Waals surface area contributed by atoms with E-state index in [-0.39, 0.29) is 11.5 Å². The van der Waals surface area contributed by atoms with Gasteiger partial charge in [0.05, 0.1) is 6.10 Å². The van der Waals surface area contributed by atoms with Crippen LogP contribution in [0.3, 0.4) is 0 Å². The summed E-state index contributed by atoms with van der Waals surface area (Å²) in [5, 5.41) is 0.190. The lowest BCUT2D eigenvalue weighted by Crippen LogP contribution is -2.26. The molecule has 4 unspecified atom stereocenters. The summed E-state index contributed by atoms with van der Waals surface area (Å²) in [6.45, 7) is 0. The second-order valence-electron chi connectivity index (χ2n) is 2.93. The summed E-state index contributed by atoms with van der Waals surface area (Å²) in [5.41, 5.74) is 0. The van der Waals surface area contributed by atoms with Crippen LogP contribution in [0.1, 0.15) is 19.3 Å². The first-order valence-corrected chi connectivity index (χ1v) is 4.62. The maximum atomic E-state index is 5.98. The minimum absolute atomic E-state index is 0.190. The molecule has 1 aliphatic carbocycles. The molecule has 1 fully saturated rings. The number of hydrogen-bond donors (Lipinski definition) is 0. The third kappa shape index (κ3) is 2.64. The maximum Gasteiger partial charge on any atom is 0.0636 e. The fourth-order valence-electron chi connectivity index (χ4n) is 1.45. The van der Waals surface area contributed by atoms with Crippen molar-refractivity contribution in [3.8, 4) is 12.3 Å². The van der Waals surface area contributed by atoms with Gasteiger partial charge in [-0.05, 0) is 19.3 Å². The van der Waals surface area contributed by atoms with Gasteiger partial charge in [-0.3, -0.25) is 0 Å². The summed E-state index contributed by atoms with van der Waals surface area (Å²) in [7, 11) is 2.27. The number of hydrogen-bond acceptors (Lipinski definition) is 1. The molecule has 62 valence electrons. The van der Waals surface area contributed by atoms with E-state index in [1.165, 1.54) is 0 Å². The van der Waals surface area contributed by atoms with E-state index in [0.717, 1.165) is 19.3 Å². The first-order chi connectivity index (χ1) is 5.26. The number of halogens is 1. The molecule has 0 N–H and O–H groups in total. The Morgan fingerprint density at radius 3 is 2.73 bits per heavy atom. The molecular weight excluding hydrogens is 179 g/mol. The Hall–Kier alpha value is 0.240. The average molecular weight is 191 g/mol. The van der Waals surface area contributed by atoms with Gasteiger partial charge in [-0.15, -0.1) is 23.9 Å². The molecule has 0 heterocycles. The molecule has 0 aromatic rings. The van der Waals surface area contributed by atoms with Gasteiger partial charge in [0.2, 0.25) is 0 Å². The van der Waals surface area contributed by atoms with E-state index in [4.69, 9.17) is 22.5 Å². The maximum absolute atomic E-state index is 5.98. The highest BCUT2D eigenvalue weighted by Crippen LogP contribution is 2.30. The molecule has 1 rings (SSSR count). The van der Waals surface area contributed by atoms with Crippen molar-refractivity contribution >= 4 is 21.1 Å². The van der Waals surface area contributed by atoms with Crippen LogP contribution in [0.15, 0.2) is 0 Å². The van der Waals surface area contributed by atoms with Gasteiger partial charge in [0.1, 0.15) is 0 Å². The Labute approximate surface area is 75.1 Å². The summed E-state index contributed by atoms with van der Waals surface area (Å²) < 4.78 is 5.13. The van der Waals surface area contributed by atoms with Crippen LogP contribution in [0.25, 0.3) is 0 Å². The number of alkyl halides is 1. The van der Waals surface area contributed by atoms with Crippen LogP contribution in [0.4, 0.5) is 0 Å². The van der Waals surface area contributed by atoms with Crippen LogP contribution in [-0.4, -0.2) is 11.5 Å². The normalized spacial score (nSPS) is 38.1. The van der Waals surface area contributed by atoms with Crippen molar-refractivity contribution in [1.29, 1.82) is 0 Å². The van der Waals surface area contributed by atoms with Crippen molar-refractivity contribution in [3.63, 3.8) is 0 Å². The predicted molar refractivity (Wildman–Crippen MR) is 50.4 cm³/mol. The fourth-order valence-corrected chi connectivity index (χ4v) is 2.08. The van der Waals surface area contributed by atoms with Gasteiger partial charge in [-0.2, -0.15) is 0 Å². The van der Waals surface area contributed by atoms with Gasteiger partial charge < -0.3 is 4.52 Å². The van der Waals surface area contributed by atoms with Crippen molar-refractivity contribution in [2.24, 2.45) is 5.92 Å². The lowest BCUT2D eigenvalue weighted by atomic mass is 9.88. The molecule has 0 aromatic heterocycles. The van der Waals surface area contributed by atoms with Crippen LogP contribution >= 0.6 is 21.1 Å². The highest BCUT2D eigenvalue weighted by Gasteiger charge is 2.26. The lowest BCUT2D eigenvalue weighted by Gasteiger charge is -2.28. The van der Waals surface area contributed by atoms with Gasteiger partial charge in [0.15, 0.2) is 0 Å². The van der Waals surface area contributed by atoms with Gasteiger partial charge in [0.25, 0.3) is 0 Å². The third-order valence-electron chi connectivity index (χ3n) is 2.03. The highest BCUT2D eigenvalue weighted by atomic mass is 35.5. The molecule has 1 aliphatic rings. The summed E-state index contributed by atoms with van der Waals surface area (Å²) in [4.78, 5) is 0. The summed E-state index contributed by atoms with van der Waals surface area (Å²) in [5.74, 6) is 3.03. The molecule has 0 saturated heterocycles. The molecule has 4 atom stereocenters. The van der Waals surface area contributed by atoms with E-state index >= 15 is 0 Å². The van der Waals surface area contributed by atoms with Crippen molar-refractivity contribution in [2.45, 2.75) is 30.7 Å². The lowest BCUT2D eigenvalue weighted by molar-refractivity contribution is 0.167. The van der Waals surface area contributed by atoms with Crippen molar-refractivity contribution in [1.82, 2.24) is 0 Å². The largest absolute Gasteiger partial charge is 0.362 e. The molecule has 1 saturated carbocycles. The summed E-state index contributed by atoms with van der Waals surface area (Å²) in [6, 6.07) is 0. The molecule has 0 aliphatic heterocycles. The number of terminal acetylenes is 1. The third-order valence-corrected chi connectivity index (χ3v) is 2.78. The topological polar surface area (TPSA) is 9.23 Å². The van der Waals surface area contributed by atoms with E-state index in [0.29, 0.717) is 5.92 Å². The Bertz CT molecular complexity index is 166. The second-order valence-corrected chi connectivity index (χ2v) is 3.82. The smallest absolute Gasteiger partial charge is 0.0636 e. The molecule has 0 aromatic carbocycles. The Kier molecular flexibility index (Phi) is 3.66. The Balaban J connectivity index is 2.45. The fraction of sp³-hybridized carbons (Fsp3) is 0.750. The molecule has 0 amide bonds. The molecular formula is C8H12ClOP. The van der Waals surface area contributed by atoms with E-state index in [1.54, 1.807) is 0 Å². The van der Waals surface area contributed by atoms with Crippen LogP contribution in [-0.2, 0) is 4.52 Å². The van der Waals surface area contributed by atoms with Gasteiger partial charge in [0, 0.05) is 20.8 Å². The van der Waals surface area contributed by atoms with E-state index in [9.17, 15) is 0 Å². The predicted octanol–water partition coefficient (Wildman–Crippen LogP) is 2.20. The van der Waals surface area contributed by atoms with Gasteiger partial charge in [-0.1, -0.05) is 0 Å². The Morgan fingerprint density at radius 1 is 1.45 bits per heavy atom. The molecule has 11 heavy (non-hydrogen) atoms. The van der Waals surface area contributed by atoms with E-state index < -0.39 is 0 Å². The van der Waals surface area contributed by atoms with Crippen molar-refractivity contribution < 1.29 is 4.52 Å². The Morgan fingerprint density at radius 2 is 2.18 bits per heavy atom. The van der Waals surface area contributed by atoms with Crippen LogP contribution in [0, 0.1) is 18.3 Å². The molecule has 0 bridgehead atoms. The second kappa shape index (κ2) is 4.31. The zero-order valence-corrected chi connectivity index (χ0v) is 8.20. The minimum Gasteiger partial charge on any atom is -0.362 e. The van der Waals surface area contributed by atoms with Crippen molar-refractivity contribution in [3.05, 3.63) is 0 Å². The van der Waals surface area contributed by atoms with Crippen molar-refractivity contribution in [2.75, 3.05) is 0 Å². The quantitative estimate of drug-likeness (QED) is 0.350. The average Bonchev–Trinajstić information content (AvgIpc) is 2.03. The first kappa shape index (κ1) is 9.33. The summed E-state index contributed by atoms with van der Waals surface area (Å²) in [6.07, 6.45) is 8.35. The monoisotopic (exact) mass is 190 g/mol. The first-order valence-electron chi connectivity index (χ1n) is 3.72. The number of rotatable bonds is 1. The zero-order valence-electron chi connectivity index (χ0n) is 6.29. The van der Waals surface area contributed by atoms with E-state index in [1.807, 2.05) is 0 Å². The molecule has 3 heteroatoms. The van der Waals surface area contributed by atoms with E-state index in [2.05, 4.69) is 15.4 Å². The minimum atomic E-state index is 0.190. The molecule has 1 nitrogen and oxygen atoms in total.